The highest BCUT2D eigenvalue weighted by atomic mass is 19.1. The van der Waals surface area contributed by atoms with Gasteiger partial charge in [0.25, 0.3) is 5.91 Å². The maximum atomic E-state index is 13.2. The van der Waals surface area contributed by atoms with Crippen LogP contribution in [-0.2, 0) is 4.74 Å². The molecule has 0 aliphatic heterocycles. The average molecular weight is 244 g/mol. The number of nitrogens with two attached hydrogens (primary N) is 1. The molecule has 0 radical (unpaired) electrons. The third-order valence-corrected chi connectivity index (χ3v) is 1.98. The second-order valence-corrected chi connectivity index (χ2v) is 3.25. The molecule has 94 valence electrons. The minimum Gasteiger partial charge on any atom is -0.378 e. The zero-order valence-electron chi connectivity index (χ0n) is 9.21. The third-order valence-electron chi connectivity index (χ3n) is 1.98. The van der Waals surface area contributed by atoms with Gasteiger partial charge in [-0.3, -0.25) is 4.79 Å². The van der Waals surface area contributed by atoms with Crippen LogP contribution in [0.4, 0.5) is 8.78 Å². The Bertz CT molecular complexity index is 365. The molecule has 0 unspecified atom stereocenters. The van der Waals surface area contributed by atoms with Crippen molar-refractivity contribution in [2.45, 2.75) is 0 Å². The zero-order chi connectivity index (χ0) is 12.7. The number of benzene rings is 1. The molecule has 1 rings (SSSR count). The molecule has 0 aromatic heterocycles. The number of carbonyl (C=O) groups excluding carboxylic acids is 1. The van der Waals surface area contributed by atoms with E-state index >= 15 is 0 Å². The molecule has 4 nitrogen and oxygen atoms in total. The molecule has 1 amide bonds. The quantitative estimate of drug-likeness (QED) is 0.723. The van der Waals surface area contributed by atoms with Gasteiger partial charge in [0.2, 0.25) is 0 Å². The van der Waals surface area contributed by atoms with Crippen molar-refractivity contribution in [3.63, 3.8) is 0 Å². The lowest BCUT2D eigenvalue weighted by atomic mass is 10.2. The van der Waals surface area contributed by atoms with E-state index in [1.807, 2.05) is 0 Å². The Hall–Kier alpha value is -1.53. The minimum absolute atomic E-state index is 0.173. The van der Waals surface area contributed by atoms with Crippen LogP contribution in [0.1, 0.15) is 10.4 Å². The molecular formula is C11H14F2N2O2. The predicted molar refractivity (Wildman–Crippen MR) is 58.6 cm³/mol. The van der Waals surface area contributed by atoms with Gasteiger partial charge in [-0.2, -0.15) is 0 Å². The molecule has 0 aliphatic carbocycles. The van der Waals surface area contributed by atoms with Gasteiger partial charge in [-0.05, 0) is 12.1 Å². The van der Waals surface area contributed by atoms with E-state index in [0.29, 0.717) is 13.2 Å². The van der Waals surface area contributed by atoms with Crippen molar-refractivity contribution in [2.24, 2.45) is 5.73 Å². The Morgan fingerprint density at radius 1 is 1.29 bits per heavy atom. The monoisotopic (exact) mass is 244 g/mol. The van der Waals surface area contributed by atoms with Gasteiger partial charge < -0.3 is 15.8 Å². The molecule has 0 fully saturated rings. The van der Waals surface area contributed by atoms with E-state index in [-0.39, 0.29) is 13.2 Å². The summed E-state index contributed by atoms with van der Waals surface area (Å²) in [5, 5.41) is 2.35. The topological polar surface area (TPSA) is 64.3 Å². The fraction of sp³-hybridized carbons (Fsp3) is 0.364. The van der Waals surface area contributed by atoms with Gasteiger partial charge in [0.15, 0.2) is 0 Å². The maximum Gasteiger partial charge on any atom is 0.257 e. The van der Waals surface area contributed by atoms with Crippen LogP contribution in [0.25, 0.3) is 0 Å². The van der Waals surface area contributed by atoms with Crippen molar-refractivity contribution >= 4 is 5.91 Å². The van der Waals surface area contributed by atoms with Gasteiger partial charge in [0, 0.05) is 13.1 Å². The molecule has 0 saturated carbocycles. The van der Waals surface area contributed by atoms with Crippen molar-refractivity contribution in [3.8, 4) is 0 Å². The first kappa shape index (κ1) is 13.5. The molecule has 0 saturated heterocycles. The lowest BCUT2D eigenvalue weighted by Crippen LogP contribution is -2.29. The molecule has 0 bridgehead atoms. The Labute approximate surface area is 97.8 Å². The normalized spacial score (nSPS) is 10.3. The van der Waals surface area contributed by atoms with Gasteiger partial charge in [0.05, 0.1) is 13.2 Å². The SMILES string of the molecule is NCCOCCNC(=O)c1c(F)cccc1F. The predicted octanol–water partition coefficient (Wildman–Crippen LogP) is 0.670. The van der Waals surface area contributed by atoms with Gasteiger partial charge in [0.1, 0.15) is 17.2 Å². The maximum absolute atomic E-state index is 13.2. The number of nitrogens with one attached hydrogen (secondary N) is 1. The standard InChI is InChI=1S/C11H14F2N2O2/c12-8-2-1-3-9(13)10(8)11(16)15-5-7-17-6-4-14/h1-3H,4-7,14H2,(H,15,16). The summed E-state index contributed by atoms with van der Waals surface area (Å²) in [6, 6.07) is 3.26. The van der Waals surface area contributed by atoms with Gasteiger partial charge >= 0.3 is 0 Å². The number of hydrogen-bond acceptors (Lipinski definition) is 3. The van der Waals surface area contributed by atoms with Crippen molar-refractivity contribution < 1.29 is 18.3 Å². The Balaban J connectivity index is 2.47. The summed E-state index contributed by atoms with van der Waals surface area (Å²) in [7, 11) is 0. The summed E-state index contributed by atoms with van der Waals surface area (Å²) in [4.78, 5) is 11.4. The van der Waals surface area contributed by atoms with E-state index in [0.717, 1.165) is 12.1 Å². The summed E-state index contributed by atoms with van der Waals surface area (Å²) < 4.78 is 31.4. The van der Waals surface area contributed by atoms with Crippen LogP contribution in [0.2, 0.25) is 0 Å². The first-order valence-electron chi connectivity index (χ1n) is 5.17. The number of carbonyl (C=O) groups is 1. The minimum atomic E-state index is -0.884. The Morgan fingerprint density at radius 2 is 1.94 bits per heavy atom. The molecule has 0 aliphatic rings. The average Bonchev–Trinajstić information content (AvgIpc) is 2.28. The lowest BCUT2D eigenvalue weighted by molar-refractivity contribution is 0.0911. The zero-order valence-corrected chi connectivity index (χ0v) is 9.21. The van der Waals surface area contributed by atoms with Crippen molar-refractivity contribution in [3.05, 3.63) is 35.4 Å². The number of halogens is 2. The van der Waals surface area contributed by atoms with Crippen LogP contribution in [0.5, 0.6) is 0 Å². The highest BCUT2D eigenvalue weighted by molar-refractivity contribution is 5.94. The summed E-state index contributed by atoms with van der Waals surface area (Å²) >= 11 is 0. The highest BCUT2D eigenvalue weighted by Crippen LogP contribution is 2.11. The van der Waals surface area contributed by atoms with E-state index in [9.17, 15) is 13.6 Å². The number of amides is 1. The molecule has 0 spiro atoms. The smallest absolute Gasteiger partial charge is 0.257 e. The molecule has 1 aromatic rings. The molecule has 0 heterocycles. The number of ether oxygens (including phenoxy) is 1. The van der Waals surface area contributed by atoms with Crippen LogP contribution in [0.15, 0.2) is 18.2 Å². The van der Waals surface area contributed by atoms with Crippen LogP contribution in [-0.4, -0.2) is 32.2 Å². The van der Waals surface area contributed by atoms with Gasteiger partial charge in [-0.1, -0.05) is 6.07 Å². The highest BCUT2D eigenvalue weighted by Gasteiger charge is 2.15. The van der Waals surface area contributed by atoms with E-state index in [2.05, 4.69) is 5.32 Å². The fourth-order valence-corrected chi connectivity index (χ4v) is 1.23. The van der Waals surface area contributed by atoms with E-state index in [1.54, 1.807) is 0 Å². The van der Waals surface area contributed by atoms with Crippen LogP contribution in [0, 0.1) is 11.6 Å². The first-order chi connectivity index (χ1) is 8.16. The number of rotatable bonds is 6. The van der Waals surface area contributed by atoms with Gasteiger partial charge in [-0.25, -0.2) is 8.78 Å². The largest absolute Gasteiger partial charge is 0.378 e. The van der Waals surface area contributed by atoms with E-state index < -0.39 is 23.1 Å². The lowest BCUT2D eigenvalue weighted by Gasteiger charge is -2.07. The number of hydrogen-bond donors (Lipinski definition) is 2. The molecule has 0 atom stereocenters. The summed E-state index contributed by atoms with van der Waals surface area (Å²) in [5.74, 6) is -2.56. The van der Waals surface area contributed by atoms with Crippen molar-refractivity contribution in [1.82, 2.24) is 5.32 Å². The Kier molecular flexibility index (Phi) is 5.51. The van der Waals surface area contributed by atoms with Crippen LogP contribution < -0.4 is 11.1 Å². The first-order valence-corrected chi connectivity index (χ1v) is 5.17. The van der Waals surface area contributed by atoms with E-state index in [1.165, 1.54) is 6.07 Å². The summed E-state index contributed by atoms with van der Waals surface area (Å²) in [6.07, 6.45) is 0. The molecule has 3 N–H and O–H groups in total. The summed E-state index contributed by atoms with van der Waals surface area (Å²) in [6.45, 7) is 1.19. The fourth-order valence-electron chi connectivity index (χ4n) is 1.23. The third kappa shape index (κ3) is 4.08. The van der Waals surface area contributed by atoms with Crippen LogP contribution in [0.3, 0.4) is 0 Å². The summed E-state index contributed by atoms with van der Waals surface area (Å²) in [5.41, 5.74) is 4.61. The van der Waals surface area contributed by atoms with Crippen molar-refractivity contribution in [2.75, 3.05) is 26.3 Å². The van der Waals surface area contributed by atoms with E-state index in [4.69, 9.17) is 10.5 Å². The Morgan fingerprint density at radius 3 is 2.53 bits per heavy atom. The molecule has 17 heavy (non-hydrogen) atoms. The van der Waals surface area contributed by atoms with Gasteiger partial charge in [-0.15, -0.1) is 0 Å². The van der Waals surface area contributed by atoms with Crippen LogP contribution >= 0.6 is 0 Å². The molecular weight excluding hydrogens is 230 g/mol. The second kappa shape index (κ2) is 6.93. The molecule has 1 aromatic carbocycles. The van der Waals surface area contributed by atoms with Crippen molar-refractivity contribution in [1.29, 1.82) is 0 Å². The second-order valence-electron chi connectivity index (χ2n) is 3.25. The molecule has 6 heteroatoms.